The number of thiazole rings is 1. The van der Waals surface area contributed by atoms with Gasteiger partial charge in [-0.05, 0) is 63.5 Å². The summed E-state index contributed by atoms with van der Waals surface area (Å²) in [5.41, 5.74) is 1.10. The number of fused-ring (bicyclic) bond motifs is 1. The highest BCUT2D eigenvalue weighted by molar-refractivity contribution is 7.22. The maximum Gasteiger partial charge on any atom is 0.260 e. The van der Waals surface area contributed by atoms with Crippen LogP contribution in [0.5, 0.6) is 0 Å². The fraction of sp³-hybridized carbons (Fsp3) is 0.304. The molecule has 1 fully saturated rings. The van der Waals surface area contributed by atoms with Crippen LogP contribution in [0.3, 0.4) is 0 Å². The molecule has 0 N–H and O–H groups in total. The zero-order valence-electron chi connectivity index (χ0n) is 18.3. The Hall–Kier alpha value is -2.88. The first-order valence-electron chi connectivity index (χ1n) is 10.3. The van der Waals surface area contributed by atoms with Crippen molar-refractivity contribution in [2.24, 2.45) is 0 Å². The van der Waals surface area contributed by atoms with Crippen molar-refractivity contribution in [2.75, 3.05) is 37.0 Å². The third-order valence-electron chi connectivity index (χ3n) is 5.25. The highest BCUT2D eigenvalue weighted by atomic mass is 35.5. The highest BCUT2D eigenvalue weighted by Crippen LogP contribution is 2.31. The molecule has 2 heterocycles. The van der Waals surface area contributed by atoms with Crippen LogP contribution in [0.2, 0.25) is 0 Å². The minimum absolute atomic E-state index is 0. The maximum absolute atomic E-state index is 14.2. The number of hydrogen-bond acceptors (Lipinski definition) is 6. The second kappa shape index (κ2) is 10.4. The summed E-state index contributed by atoms with van der Waals surface area (Å²) < 4.78 is 14.8. The molecule has 33 heavy (non-hydrogen) atoms. The molecule has 1 saturated heterocycles. The van der Waals surface area contributed by atoms with E-state index < -0.39 is 5.82 Å². The van der Waals surface area contributed by atoms with Crippen molar-refractivity contribution in [3.05, 3.63) is 53.8 Å². The Labute approximate surface area is 201 Å². The Kier molecular flexibility index (Phi) is 7.78. The van der Waals surface area contributed by atoms with Crippen molar-refractivity contribution in [1.29, 1.82) is 0 Å². The average molecular weight is 490 g/mol. The van der Waals surface area contributed by atoms with Crippen LogP contribution in [0.25, 0.3) is 10.2 Å². The summed E-state index contributed by atoms with van der Waals surface area (Å²) in [6.45, 7) is 1.20. The van der Waals surface area contributed by atoms with Crippen LogP contribution in [0.15, 0.2) is 42.5 Å². The number of aromatic nitrogens is 1. The van der Waals surface area contributed by atoms with Gasteiger partial charge < -0.3 is 17.3 Å². The number of hydrogen-bond donors (Lipinski definition) is 0. The van der Waals surface area contributed by atoms with Gasteiger partial charge in [-0.15, -0.1) is 0 Å². The standard InChI is InChI=1S/C23H23FN4O3S.ClH/c1-26(2)13-4-14-27(23-25-21-17(24)5-3-6-18(21)32-23)22(31)15-7-9-16(10-8-15)28-19(29)11-12-20(28)30;/h3,5-10H,4,11-14H2,1-2H3;1H/p-1. The summed E-state index contributed by atoms with van der Waals surface area (Å²) in [5.74, 6) is -1.17. The van der Waals surface area contributed by atoms with E-state index in [0.717, 1.165) is 11.4 Å². The summed E-state index contributed by atoms with van der Waals surface area (Å²) in [4.78, 5) is 46.5. The Morgan fingerprint density at radius 2 is 1.73 bits per heavy atom. The Balaban J connectivity index is 0.00000306. The minimum atomic E-state index is -0.421. The Morgan fingerprint density at radius 1 is 1.06 bits per heavy atom. The first-order valence-corrected chi connectivity index (χ1v) is 11.1. The van der Waals surface area contributed by atoms with E-state index in [1.807, 2.05) is 19.0 Å². The lowest BCUT2D eigenvalue weighted by molar-refractivity contribution is -0.121. The Morgan fingerprint density at radius 3 is 2.33 bits per heavy atom. The van der Waals surface area contributed by atoms with E-state index in [-0.39, 0.29) is 48.5 Å². The molecule has 0 atom stereocenters. The van der Waals surface area contributed by atoms with E-state index in [1.54, 1.807) is 41.3 Å². The molecular weight excluding hydrogens is 467 g/mol. The van der Waals surface area contributed by atoms with Crippen molar-refractivity contribution >= 4 is 50.1 Å². The lowest BCUT2D eigenvalue weighted by Crippen LogP contribution is -3.00. The number of halogens is 2. The fourth-order valence-corrected chi connectivity index (χ4v) is 4.63. The molecule has 1 aliphatic rings. The lowest BCUT2D eigenvalue weighted by atomic mass is 10.1. The van der Waals surface area contributed by atoms with Gasteiger partial charge in [0, 0.05) is 24.9 Å². The smallest absolute Gasteiger partial charge is 0.260 e. The van der Waals surface area contributed by atoms with Crippen LogP contribution in [-0.2, 0) is 9.59 Å². The van der Waals surface area contributed by atoms with Gasteiger partial charge in [0.2, 0.25) is 11.8 Å². The molecule has 2 aromatic carbocycles. The molecule has 4 rings (SSSR count). The van der Waals surface area contributed by atoms with E-state index >= 15 is 0 Å². The van der Waals surface area contributed by atoms with E-state index in [0.29, 0.717) is 34.0 Å². The number of carbonyl (C=O) groups is 3. The van der Waals surface area contributed by atoms with Gasteiger partial charge in [0.1, 0.15) is 11.3 Å². The van der Waals surface area contributed by atoms with Crippen molar-refractivity contribution in [2.45, 2.75) is 19.3 Å². The summed E-state index contributed by atoms with van der Waals surface area (Å²) in [5, 5.41) is 0.433. The number of para-hydroxylation sites is 1. The van der Waals surface area contributed by atoms with Gasteiger partial charge in [0.25, 0.3) is 5.91 Å². The molecule has 0 radical (unpaired) electrons. The number of rotatable bonds is 7. The zero-order valence-corrected chi connectivity index (χ0v) is 19.8. The Bertz CT molecular complexity index is 1170. The quantitative estimate of drug-likeness (QED) is 0.457. The van der Waals surface area contributed by atoms with Gasteiger partial charge in [-0.1, -0.05) is 17.4 Å². The molecule has 0 saturated carbocycles. The second-order valence-electron chi connectivity index (χ2n) is 7.87. The third kappa shape index (κ3) is 5.21. The molecule has 3 aromatic rings. The largest absolute Gasteiger partial charge is 1.00 e. The molecule has 0 spiro atoms. The number of carbonyl (C=O) groups excluding carboxylic acids is 3. The molecule has 1 aliphatic heterocycles. The zero-order chi connectivity index (χ0) is 22.8. The molecule has 3 amide bonds. The molecule has 0 bridgehead atoms. The van der Waals surface area contributed by atoms with Gasteiger partial charge >= 0.3 is 0 Å². The van der Waals surface area contributed by atoms with E-state index in [9.17, 15) is 18.8 Å². The van der Waals surface area contributed by atoms with Crippen LogP contribution in [-0.4, -0.2) is 54.8 Å². The molecular formula is C23H23ClFN4O3S-. The molecule has 174 valence electrons. The molecule has 7 nitrogen and oxygen atoms in total. The normalized spacial score (nSPS) is 13.6. The lowest BCUT2D eigenvalue weighted by Gasteiger charge is -2.21. The van der Waals surface area contributed by atoms with Crippen molar-refractivity contribution in [3.63, 3.8) is 0 Å². The highest BCUT2D eigenvalue weighted by Gasteiger charge is 2.30. The van der Waals surface area contributed by atoms with E-state index in [2.05, 4.69) is 4.98 Å². The number of benzene rings is 2. The maximum atomic E-state index is 14.2. The first-order chi connectivity index (χ1) is 15.3. The van der Waals surface area contributed by atoms with Crippen LogP contribution in [0, 0.1) is 5.82 Å². The first kappa shape index (κ1) is 24.8. The second-order valence-corrected chi connectivity index (χ2v) is 8.88. The van der Waals surface area contributed by atoms with Crippen LogP contribution < -0.4 is 22.2 Å². The summed E-state index contributed by atoms with van der Waals surface area (Å²) in [7, 11) is 3.91. The third-order valence-corrected chi connectivity index (χ3v) is 6.29. The van der Waals surface area contributed by atoms with Gasteiger partial charge in [-0.2, -0.15) is 0 Å². The number of anilines is 2. The summed E-state index contributed by atoms with van der Waals surface area (Å²) in [6.07, 6.45) is 1.12. The predicted octanol–water partition coefficient (Wildman–Crippen LogP) is 0.691. The SMILES string of the molecule is CN(C)CCCN(C(=O)c1ccc(N2C(=O)CCC2=O)cc1)c1nc2c(F)cccc2s1.[Cl-]. The molecule has 10 heteroatoms. The molecule has 1 aromatic heterocycles. The van der Waals surface area contributed by atoms with Gasteiger partial charge in [-0.25, -0.2) is 9.37 Å². The monoisotopic (exact) mass is 489 g/mol. The summed E-state index contributed by atoms with van der Waals surface area (Å²) >= 11 is 1.27. The molecule has 0 unspecified atom stereocenters. The fourth-order valence-electron chi connectivity index (χ4n) is 3.62. The van der Waals surface area contributed by atoms with Gasteiger partial charge in [-0.3, -0.25) is 24.2 Å². The molecule has 0 aliphatic carbocycles. The summed E-state index contributed by atoms with van der Waals surface area (Å²) in [6, 6.07) is 11.2. The van der Waals surface area contributed by atoms with Crippen LogP contribution in [0.1, 0.15) is 29.6 Å². The van der Waals surface area contributed by atoms with Crippen molar-refractivity contribution in [1.82, 2.24) is 9.88 Å². The minimum Gasteiger partial charge on any atom is -1.00 e. The van der Waals surface area contributed by atoms with Crippen LogP contribution in [0.4, 0.5) is 15.2 Å². The van der Waals surface area contributed by atoms with E-state index in [4.69, 9.17) is 0 Å². The van der Waals surface area contributed by atoms with Crippen molar-refractivity contribution < 1.29 is 31.2 Å². The predicted molar refractivity (Wildman–Crippen MR) is 123 cm³/mol. The number of amides is 3. The topological polar surface area (TPSA) is 73.8 Å². The van der Waals surface area contributed by atoms with Gasteiger partial charge in [0.05, 0.1) is 10.4 Å². The van der Waals surface area contributed by atoms with Crippen LogP contribution >= 0.6 is 11.3 Å². The van der Waals surface area contributed by atoms with Crippen molar-refractivity contribution in [3.8, 4) is 0 Å². The van der Waals surface area contributed by atoms with Gasteiger partial charge in [0.15, 0.2) is 5.13 Å². The average Bonchev–Trinajstić information content (AvgIpc) is 3.34. The van der Waals surface area contributed by atoms with E-state index in [1.165, 1.54) is 17.4 Å². The number of imide groups is 1. The number of nitrogens with zero attached hydrogens (tertiary/aromatic N) is 4.